The molecule has 2 aromatic rings. The third kappa shape index (κ3) is 6.13. The number of hydrogen-bond donors (Lipinski definition) is 1. The summed E-state index contributed by atoms with van der Waals surface area (Å²) >= 11 is 0. The maximum absolute atomic E-state index is 12.5. The molecule has 160 valence electrons. The zero-order chi connectivity index (χ0) is 21.7. The molecule has 0 aromatic heterocycles. The highest BCUT2D eigenvalue weighted by Gasteiger charge is 2.31. The third-order valence-corrected chi connectivity index (χ3v) is 4.70. The summed E-state index contributed by atoms with van der Waals surface area (Å²) in [5, 5.41) is 2.85. The van der Waals surface area contributed by atoms with E-state index >= 15 is 0 Å². The van der Waals surface area contributed by atoms with E-state index < -0.39 is 6.36 Å². The number of nitrogens with one attached hydrogen (secondary N) is 1. The van der Waals surface area contributed by atoms with Crippen LogP contribution in [0.5, 0.6) is 5.75 Å². The Morgan fingerprint density at radius 1 is 1.00 bits per heavy atom. The zero-order valence-electron chi connectivity index (χ0n) is 16.4. The number of urea groups is 1. The maximum atomic E-state index is 12.5. The predicted molar refractivity (Wildman–Crippen MR) is 105 cm³/mol. The number of nitrogens with zero attached hydrogens (tertiary/aromatic N) is 2. The van der Waals surface area contributed by atoms with Gasteiger partial charge in [0.05, 0.1) is 6.42 Å². The van der Waals surface area contributed by atoms with Crippen molar-refractivity contribution < 1.29 is 27.5 Å². The van der Waals surface area contributed by atoms with Crippen LogP contribution in [0.4, 0.5) is 23.7 Å². The van der Waals surface area contributed by atoms with Crippen LogP contribution in [0.3, 0.4) is 0 Å². The minimum atomic E-state index is -4.75. The fraction of sp³-hybridized carbons (Fsp3) is 0.333. The Balaban J connectivity index is 1.47. The van der Waals surface area contributed by atoms with Crippen molar-refractivity contribution in [1.29, 1.82) is 0 Å². The first kappa shape index (κ1) is 21.5. The molecule has 1 N–H and O–H groups in total. The van der Waals surface area contributed by atoms with Gasteiger partial charge >= 0.3 is 12.4 Å². The first-order chi connectivity index (χ1) is 14.2. The van der Waals surface area contributed by atoms with Gasteiger partial charge in [-0.2, -0.15) is 0 Å². The molecule has 0 radical (unpaired) electrons. The van der Waals surface area contributed by atoms with Crippen molar-refractivity contribution in [2.24, 2.45) is 0 Å². The minimum Gasteiger partial charge on any atom is -0.406 e. The van der Waals surface area contributed by atoms with Crippen molar-refractivity contribution in [3.05, 3.63) is 59.7 Å². The summed E-state index contributed by atoms with van der Waals surface area (Å²) in [6.07, 6.45) is -4.68. The number of halogens is 3. The Kier molecular flexibility index (Phi) is 6.49. The first-order valence-corrected chi connectivity index (χ1v) is 9.45. The van der Waals surface area contributed by atoms with Gasteiger partial charge in [-0.3, -0.25) is 4.79 Å². The van der Waals surface area contributed by atoms with Gasteiger partial charge in [-0.1, -0.05) is 24.3 Å². The van der Waals surface area contributed by atoms with Gasteiger partial charge < -0.3 is 19.9 Å². The van der Waals surface area contributed by atoms with Crippen molar-refractivity contribution in [2.45, 2.75) is 19.7 Å². The summed E-state index contributed by atoms with van der Waals surface area (Å²) in [5.74, 6) is -0.467. The van der Waals surface area contributed by atoms with Gasteiger partial charge in [0, 0.05) is 31.9 Å². The van der Waals surface area contributed by atoms with Crippen molar-refractivity contribution in [3.63, 3.8) is 0 Å². The molecular formula is C21H22F3N3O3. The number of hydrogen-bond acceptors (Lipinski definition) is 3. The molecule has 0 bridgehead atoms. The van der Waals surface area contributed by atoms with Crippen LogP contribution >= 0.6 is 0 Å². The lowest BCUT2D eigenvalue weighted by Gasteiger charge is -2.34. The highest BCUT2D eigenvalue weighted by atomic mass is 19.4. The monoisotopic (exact) mass is 421 g/mol. The Morgan fingerprint density at radius 2 is 1.63 bits per heavy atom. The van der Waals surface area contributed by atoms with Crippen LogP contribution in [0.2, 0.25) is 0 Å². The number of anilines is 1. The number of aryl methyl sites for hydroxylation is 1. The lowest BCUT2D eigenvalue weighted by atomic mass is 10.1. The predicted octanol–water partition coefficient (Wildman–Crippen LogP) is 3.81. The van der Waals surface area contributed by atoms with E-state index in [0.717, 1.165) is 11.3 Å². The second-order valence-electron chi connectivity index (χ2n) is 7.04. The molecule has 3 amide bonds. The maximum Gasteiger partial charge on any atom is 0.573 e. The van der Waals surface area contributed by atoms with E-state index in [-0.39, 0.29) is 24.1 Å². The van der Waals surface area contributed by atoms with E-state index in [1.54, 1.807) is 9.80 Å². The molecule has 6 nitrogen and oxygen atoms in total. The molecule has 3 rings (SSSR count). The molecule has 0 spiro atoms. The molecule has 1 aliphatic heterocycles. The summed E-state index contributed by atoms with van der Waals surface area (Å²) in [4.78, 5) is 28.2. The first-order valence-electron chi connectivity index (χ1n) is 9.45. The van der Waals surface area contributed by atoms with Gasteiger partial charge in [0.25, 0.3) is 0 Å². The highest BCUT2D eigenvalue weighted by molar-refractivity contribution is 5.89. The lowest BCUT2D eigenvalue weighted by Crippen LogP contribution is -2.52. The summed E-state index contributed by atoms with van der Waals surface area (Å²) in [7, 11) is 0. The number of carbonyl (C=O) groups excluding carboxylic acids is 2. The second-order valence-corrected chi connectivity index (χ2v) is 7.04. The Labute approximate surface area is 172 Å². The van der Waals surface area contributed by atoms with E-state index in [1.165, 1.54) is 24.3 Å². The molecule has 2 aromatic carbocycles. The van der Waals surface area contributed by atoms with Crippen LogP contribution in [-0.4, -0.2) is 54.3 Å². The molecule has 1 aliphatic rings. The number of rotatable bonds is 4. The topological polar surface area (TPSA) is 61.9 Å². The number of alkyl halides is 3. The average Bonchev–Trinajstić information content (AvgIpc) is 2.68. The minimum absolute atomic E-state index is 0.0712. The van der Waals surface area contributed by atoms with E-state index in [2.05, 4.69) is 10.1 Å². The second kappa shape index (κ2) is 9.06. The zero-order valence-corrected chi connectivity index (χ0v) is 16.4. The molecule has 1 saturated heterocycles. The van der Waals surface area contributed by atoms with Gasteiger partial charge in [-0.05, 0) is 42.3 Å². The molecule has 1 heterocycles. The largest absolute Gasteiger partial charge is 0.573 e. The third-order valence-electron chi connectivity index (χ3n) is 4.70. The van der Waals surface area contributed by atoms with Crippen molar-refractivity contribution in [1.82, 2.24) is 9.80 Å². The molecule has 0 saturated carbocycles. The number of ether oxygens (including phenoxy) is 1. The van der Waals surface area contributed by atoms with Gasteiger partial charge in [0.1, 0.15) is 5.75 Å². The number of amides is 3. The van der Waals surface area contributed by atoms with E-state index in [1.807, 2.05) is 31.2 Å². The summed E-state index contributed by atoms with van der Waals surface area (Å²) < 4.78 is 40.4. The fourth-order valence-electron chi connectivity index (χ4n) is 3.18. The summed E-state index contributed by atoms with van der Waals surface area (Å²) in [5.41, 5.74) is 2.35. The molecule has 1 fully saturated rings. The summed E-state index contributed by atoms with van der Waals surface area (Å²) in [6, 6.07) is 12.5. The Hall–Kier alpha value is -3.23. The molecule has 30 heavy (non-hydrogen) atoms. The number of piperazine rings is 1. The van der Waals surface area contributed by atoms with Crippen molar-refractivity contribution >= 4 is 17.6 Å². The summed E-state index contributed by atoms with van der Waals surface area (Å²) in [6.45, 7) is 3.55. The number of benzene rings is 2. The van der Waals surface area contributed by atoms with Crippen LogP contribution < -0.4 is 10.1 Å². The van der Waals surface area contributed by atoms with Crippen LogP contribution in [-0.2, 0) is 11.2 Å². The lowest BCUT2D eigenvalue weighted by molar-refractivity contribution is -0.274. The molecule has 0 atom stereocenters. The van der Waals surface area contributed by atoms with Crippen LogP contribution in [0.25, 0.3) is 0 Å². The van der Waals surface area contributed by atoms with Gasteiger partial charge in [-0.15, -0.1) is 13.2 Å². The van der Waals surface area contributed by atoms with Crippen LogP contribution in [0.15, 0.2) is 48.5 Å². The standard InChI is InChI=1S/C21H22F3N3O3/c1-15-3-2-4-17(13-15)25-20(29)27-11-9-26(10-12-27)19(28)14-16-5-7-18(8-6-16)30-21(22,23)24/h2-8,13H,9-12,14H2,1H3,(H,25,29). The van der Waals surface area contributed by atoms with E-state index in [0.29, 0.717) is 31.7 Å². The molecule has 0 unspecified atom stereocenters. The highest BCUT2D eigenvalue weighted by Crippen LogP contribution is 2.23. The smallest absolute Gasteiger partial charge is 0.406 e. The van der Waals surface area contributed by atoms with Crippen LogP contribution in [0, 0.1) is 6.92 Å². The van der Waals surface area contributed by atoms with Gasteiger partial charge in [0.2, 0.25) is 5.91 Å². The quantitative estimate of drug-likeness (QED) is 0.817. The SMILES string of the molecule is Cc1cccc(NC(=O)N2CCN(C(=O)Cc3ccc(OC(F)(F)F)cc3)CC2)c1. The Bertz CT molecular complexity index is 892. The van der Waals surface area contributed by atoms with Gasteiger partial charge in [0.15, 0.2) is 0 Å². The molecule has 9 heteroatoms. The molecular weight excluding hydrogens is 399 g/mol. The van der Waals surface area contributed by atoms with E-state index in [4.69, 9.17) is 0 Å². The van der Waals surface area contributed by atoms with E-state index in [9.17, 15) is 22.8 Å². The van der Waals surface area contributed by atoms with Crippen molar-refractivity contribution in [3.8, 4) is 5.75 Å². The Morgan fingerprint density at radius 3 is 2.23 bits per heavy atom. The van der Waals surface area contributed by atoms with Gasteiger partial charge in [-0.25, -0.2) is 4.79 Å². The fourth-order valence-corrected chi connectivity index (χ4v) is 3.18. The van der Waals surface area contributed by atoms with Crippen molar-refractivity contribution in [2.75, 3.05) is 31.5 Å². The normalized spacial score (nSPS) is 14.4. The van der Waals surface area contributed by atoms with Crippen LogP contribution in [0.1, 0.15) is 11.1 Å². The average molecular weight is 421 g/mol. The molecule has 0 aliphatic carbocycles. The number of carbonyl (C=O) groups is 2.